The molecule has 0 atom stereocenters. The van der Waals surface area contributed by atoms with Crippen molar-refractivity contribution < 1.29 is 12.9 Å². The summed E-state index contributed by atoms with van der Waals surface area (Å²) >= 11 is 0. The number of aromatic nitrogens is 1. The van der Waals surface area contributed by atoms with Gasteiger partial charge in [-0.05, 0) is 50.5 Å². The largest absolute Gasteiger partial charge is 0.361 e. The zero-order valence-corrected chi connectivity index (χ0v) is 16.1. The molecule has 0 saturated heterocycles. The quantitative estimate of drug-likeness (QED) is 0.735. The monoisotopic (exact) mass is 370 g/mol. The minimum atomic E-state index is -3.64. The van der Waals surface area contributed by atoms with E-state index < -0.39 is 10.0 Å². The van der Waals surface area contributed by atoms with Crippen molar-refractivity contribution in [3.63, 3.8) is 0 Å². The van der Waals surface area contributed by atoms with Crippen LogP contribution < -0.4 is 4.72 Å². The van der Waals surface area contributed by atoms with Crippen molar-refractivity contribution in [2.75, 3.05) is 0 Å². The van der Waals surface area contributed by atoms with Crippen molar-refractivity contribution in [2.45, 2.75) is 39.1 Å². The van der Waals surface area contributed by atoms with Gasteiger partial charge in [0.1, 0.15) is 5.76 Å². The molecule has 1 heterocycles. The zero-order chi connectivity index (χ0) is 18.9. The molecule has 136 valence electrons. The van der Waals surface area contributed by atoms with Crippen molar-refractivity contribution in [2.24, 2.45) is 0 Å². The number of aryl methyl sites for hydroxylation is 4. The van der Waals surface area contributed by atoms with E-state index in [1.807, 2.05) is 57.2 Å². The van der Waals surface area contributed by atoms with E-state index in [0.29, 0.717) is 11.3 Å². The second-order valence-corrected chi connectivity index (χ2v) is 8.23. The van der Waals surface area contributed by atoms with Crippen molar-refractivity contribution in [1.29, 1.82) is 0 Å². The fourth-order valence-corrected chi connectivity index (χ4v) is 4.30. The predicted octanol–water partition coefficient (Wildman–Crippen LogP) is 4.05. The number of hydrogen-bond donors (Lipinski definition) is 1. The van der Waals surface area contributed by atoms with Gasteiger partial charge in [0.2, 0.25) is 10.0 Å². The van der Waals surface area contributed by atoms with Crippen LogP contribution in [-0.2, 0) is 16.6 Å². The fraction of sp³-hybridized carbons (Fsp3) is 0.250. The third-order valence-electron chi connectivity index (χ3n) is 4.35. The van der Waals surface area contributed by atoms with Gasteiger partial charge in [-0.25, -0.2) is 13.1 Å². The number of nitrogens with one attached hydrogen (secondary N) is 1. The second-order valence-electron chi connectivity index (χ2n) is 6.49. The summed E-state index contributed by atoms with van der Waals surface area (Å²) in [5.41, 5.74) is 5.06. The van der Waals surface area contributed by atoms with E-state index in [1.54, 1.807) is 13.0 Å². The van der Waals surface area contributed by atoms with Gasteiger partial charge in [0.25, 0.3) is 0 Å². The van der Waals surface area contributed by atoms with Crippen LogP contribution in [-0.4, -0.2) is 13.6 Å². The third-order valence-corrected chi connectivity index (χ3v) is 5.89. The van der Waals surface area contributed by atoms with E-state index >= 15 is 0 Å². The predicted molar refractivity (Wildman–Crippen MR) is 101 cm³/mol. The van der Waals surface area contributed by atoms with Crippen LogP contribution in [0.15, 0.2) is 51.9 Å². The number of benzene rings is 2. The van der Waals surface area contributed by atoms with E-state index in [9.17, 15) is 8.42 Å². The maximum Gasteiger partial charge on any atom is 0.241 e. The Bertz CT molecular complexity index is 1030. The lowest BCUT2D eigenvalue weighted by Crippen LogP contribution is -2.24. The average Bonchev–Trinajstić information content (AvgIpc) is 2.92. The molecule has 1 aromatic heterocycles. The van der Waals surface area contributed by atoms with E-state index in [4.69, 9.17) is 4.52 Å². The minimum absolute atomic E-state index is 0.249. The molecule has 3 rings (SSSR count). The summed E-state index contributed by atoms with van der Waals surface area (Å²) in [5.74, 6) is 0.669. The van der Waals surface area contributed by atoms with E-state index in [2.05, 4.69) is 9.88 Å². The first-order valence-electron chi connectivity index (χ1n) is 8.37. The molecule has 0 aliphatic carbocycles. The maximum absolute atomic E-state index is 12.9. The Morgan fingerprint density at radius 2 is 1.81 bits per heavy atom. The molecule has 26 heavy (non-hydrogen) atoms. The molecule has 0 spiro atoms. The van der Waals surface area contributed by atoms with Crippen LogP contribution in [0.3, 0.4) is 0 Å². The van der Waals surface area contributed by atoms with Gasteiger partial charge >= 0.3 is 0 Å². The molecule has 0 fully saturated rings. The molecule has 2 aromatic carbocycles. The topological polar surface area (TPSA) is 72.2 Å². The molecule has 1 N–H and O–H groups in total. The van der Waals surface area contributed by atoms with Crippen LogP contribution in [0.2, 0.25) is 0 Å². The molecule has 0 radical (unpaired) electrons. The molecule has 0 unspecified atom stereocenters. The molecule has 0 aliphatic rings. The first kappa shape index (κ1) is 18.4. The highest BCUT2D eigenvalue weighted by Gasteiger charge is 2.20. The molecule has 0 amide bonds. The van der Waals surface area contributed by atoms with Gasteiger partial charge in [-0.3, -0.25) is 0 Å². The van der Waals surface area contributed by atoms with Crippen LogP contribution in [0.4, 0.5) is 0 Å². The third kappa shape index (κ3) is 3.71. The summed E-state index contributed by atoms with van der Waals surface area (Å²) in [5, 5.41) is 3.95. The Morgan fingerprint density at radius 3 is 2.46 bits per heavy atom. The van der Waals surface area contributed by atoms with Gasteiger partial charge in [0.05, 0.1) is 10.6 Å². The van der Waals surface area contributed by atoms with Gasteiger partial charge in [-0.2, -0.15) is 0 Å². The van der Waals surface area contributed by atoms with E-state index in [-0.39, 0.29) is 11.4 Å². The van der Waals surface area contributed by atoms with Crippen molar-refractivity contribution in [3.8, 4) is 11.1 Å². The Kier molecular flexibility index (Phi) is 4.98. The molecule has 3 aromatic rings. The number of hydrogen-bond acceptors (Lipinski definition) is 4. The smallest absolute Gasteiger partial charge is 0.241 e. The van der Waals surface area contributed by atoms with Crippen molar-refractivity contribution in [3.05, 3.63) is 70.6 Å². The molecule has 0 aliphatic heterocycles. The first-order valence-corrected chi connectivity index (χ1v) is 9.85. The lowest BCUT2D eigenvalue weighted by molar-refractivity contribution is 0.393. The van der Waals surface area contributed by atoms with Crippen LogP contribution >= 0.6 is 0 Å². The molecule has 0 saturated carbocycles. The highest BCUT2D eigenvalue weighted by atomic mass is 32.2. The SMILES string of the molecule is Cc1cccc(CNS(=O)(=O)c2cc(-c3c(C)noc3C)ccc2C)c1. The van der Waals surface area contributed by atoms with Crippen LogP contribution in [0, 0.1) is 27.7 Å². The zero-order valence-electron chi connectivity index (χ0n) is 15.3. The van der Waals surface area contributed by atoms with E-state index in [0.717, 1.165) is 27.9 Å². The van der Waals surface area contributed by atoms with Crippen molar-refractivity contribution in [1.82, 2.24) is 9.88 Å². The van der Waals surface area contributed by atoms with Gasteiger partial charge < -0.3 is 4.52 Å². The van der Waals surface area contributed by atoms with Crippen LogP contribution in [0.5, 0.6) is 0 Å². The first-order chi connectivity index (χ1) is 12.3. The normalized spacial score (nSPS) is 11.7. The molecular formula is C20H22N2O3S. The lowest BCUT2D eigenvalue weighted by atomic mass is 10.0. The van der Waals surface area contributed by atoms with Gasteiger partial charge in [-0.15, -0.1) is 0 Å². The minimum Gasteiger partial charge on any atom is -0.361 e. The highest BCUT2D eigenvalue weighted by Crippen LogP contribution is 2.30. The standard InChI is InChI=1S/C20H22N2O3S/c1-13-6-5-7-17(10-13)12-21-26(23,24)19-11-18(9-8-14(19)2)20-15(3)22-25-16(20)4/h5-11,21H,12H2,1-4H3. The fourth-order valence-electron chi connectivity index (χ4n) is 3.02. The lowest BCUT2D eigenvalue weighted by Gasteiger charge is -2.12. The summed E-state index contributed by atoms with van der Waals surface area (Å²) in [6.07, 6.45) is 0. The molecule has 5 nitrogen and oxygen atoms in total. The summed E-state index contributed by atoms with van der Waals surface area (Å²) in [7, 11) is -3.64. The van der Waals surface area contributed by atoms with Gasteiger partial charge in [0, 0.05) is 12.1 Å². The van der Waals surface area contributed by atoms with Gasteiger partial charge in [-0.1, -0.05) is 47.1 Å². The summed E-state index contributed by atoms with van der Waals surface area (Å²) in [6.45, 7) is 7.68. The van der Waals surface area contributed by atoms with Crippen LogP contribution in [0.25, 0.3) is 11.1 Å². The number of nitrogens with zero attached hydrogens (tertiary/aromatic N) is 1. The molecular weight excluding hydrogens is 348 g/mol. The Labute approximate surface area is 154 Å². The van der Waals surface area contributed by atoms with Gasteiger partial charge in [0.15, 0.2) is 0 Å². The number of rotatable bonds is 5. The summed E-state index contributed by atoms with van der Waals surface area (Å²) in [6, 6.07) is 13.2. The molecule has 6 heteroatoms. The van der Waals surface area contributed by atoms with E-state index in [1.165, 1.54) is 0 Å². The Balaban J connectivity index is 1.93. The maximum atomic E-state index is 12.9. The Morgan fingerprint density at radius 1 is 1.04 bits per heavy atom. The van der Waals surface area contributed by atoms with Crippen LogP contribution in [0.1, 0.15) is 28.1 Å². The average molecular weight is 370 g/mol. The van der Waals surface area contributed by atoms with Crippen molar-refractivity contribution >= 4 is 10.0 Å². The summed E-state index contributed by atoms with van der Waals surface area (Å²) < 4.78 is 33.6. The number of sulfonamides is 1. The second kappa shape index (κ2) is 7.05. The molecule has 0 bridgehead atoms. The highest BCUT2D eigenvalue weighted by molar-refractivity contribution is 7.89. The Hall–Kier alpha value is -2.44. The summed E-state index contributed by atoms with van der Waals surface area (Å²) in [4.78, 5) is 0.266.